The topological polar surface area (TPSA) is 37.3 Å². The summed E-state index contributed by atoms with van der Waals surface area (Å²) in [5.74, 6) is -1.35. The first-order valence-corrected chi connectivity index (χ1v) is 8.91. The molecular formula is C8H4Br6O2. The fourth-order valence-electron chi connectivity index (χ4n) is 2.17. The summed E-state index contributed by atoms with van der Waals surface area (Å²) in [7, 11) is 0. The van der Waals surface area contributed by atoms with Gasteiger partial charge in [0.1, 0.15) is 3.23 Å². The van der Waals surface area contributed by atoms with E-state index in [0.29, 0.717) is 6.42 Å². The van der Waals surface area contributed by atoms with Gasteiger partial charge in [-0.15, -0.1) is 0 Å². The molecule has 16 heavy (non-hydrogen) atoms. The highest BCUT2D eigenvalue weighted by Gasteiger charge is 2.77. The minimum atomic E-state index is -0.821. The standard InChI is InChI=1S/C8H4Br6O2/c9-3-4(10)7(12)2(5(15)16)1-6(3,11)8(7,13)14/h2H,1H2,(H,15,16)/t2-,6+,7+/m1/s1. The summed E-state index contributed by atoms with van der Waals surface area (Å²) in [6, 6.07) is 0. The smallest absolute Gasteiger partial charge is 0.308 e. The van der Waals surface area contributed by atoms with Gasteiger partial charge in [-0.3, -0.25) is 4.79 Å². The number of halogens is 6. The molecule has 2 rings (SSSR count). The van der Waals surface area contributed by atoms with Gasteiger partial charge < -0.3 is 5.11 Å². The van der Waals surface area contributed by atoms with Gasteiger partial charge in [0.2, 0.25) is 0 Å². The highest BCUT2D eigenvalue weighted by molar-refractivity contribution is 9.27. The Morgan fingerprint density at radius 3 is 2.00 bits per heavy atom. The van der Waals surface area contributed by atoms with Crippen molar-refractivity contribution in [2.24, 2.45) is 5.92 Å². The molecule has 0 radical (unpaired) electrons. The average molecular weight is 612 g/mol. The zero-order valence-corrected chi connectivity index (χ0v) is 16.9. The van der Waals surface area contributed by atoms with Crippen molar-refractivity contribution in [3.8, 4) is 0 Å². The summed E-state index contributed by atoms with van der Waals surface area (Å²) in [6.45, 7) is 0. The zero-order valence-electron chi connectivity index (χ0n) is 7.41. The Morgan fingerprint density at radius 2 is 1.69 bits per heavy atom. The number of rotatable bonds is 1. The number of carbonyl (C=O) groups is 1. The second-order valence-corrected chi connectivity index (χ2v) is 11.4. The summed E-state index contributed by atoms with van der Waals surface area (Å²) < 4.78 is -0.0623. The second-order valence-electron chi connectivity index (χ2n) is 3.81. The minimum Gasteiger partial charge on any atom is -0.481 e. The normalized spacial score (nSPS) is 45.2. The maximum atomic E-state index is 11.3. The van der Waals surface area contributed by atoms with E-state index in [1.165, 1.54) is 0 Å². The molecular weight excluding hydrogens is 608 g/mol. The Bertz CT molecular complexity index is 419. The van der Waals surface area contributed by atoms with Crippen molar-refractivity contribution in [2.75, 3.05) is 0 Å². The van der Waals surface area contributed by atoms with E-state index in [1.54, 1.807) is 0 Å². The molecule has 0 aromatic carbocycles. The fraction of sp³-hybridized carbons (Fsp3) is 0.625. The first kappa shape index (κ1) is 14.5. The van der Waals surface area contributed by atoms with Crippen molar-refractivity contribution in [3.63, 3.8) is 0 Å². The van der Waals surface area contributed by atoms with Gasteiger partial charge in [0.15, 0.2) is 0 Å². The molecule has 2 aliphatic rings. The van der Waals surface area contributed by atoms with Crippen LogP contribution >= 0.6 is 95.6 Å². The number of hydrogen-bond donors (Lipinski definition) is 1. The van der Waals surface area contributed by atoms with Crippen LogP contribution in [0.5, 0.6) is 0 Å². The molecule has 0 unspecified atom stereocenters. The Morgan fingerprint density at radius 1 is 1.19 bits per heavy atom. The average Bonchev–Trinajstić information content (AvgIpc) is 2.39. The van der Waals surface area contributed by atoms with Crippen molar-refractivity contribution in [3.05, 3.63) is 8.96 Å². The van der Waals surface area contributed by atoms with Crippen LogP contribution in [0.2, 0.25) is 0 Å². The summed E-state index contributed by atoms with van der Waals surface area (Å²) in [5.41, 5.74) is 0. The molecule has 2 aliphatic carbocycles. The van der Waals surface area contributed by atoms with Crippen LogP contribution in [0.4, 0.5) is 0 Å². The molecule has 1 saturated carbocycles. The Kier molecular flexibility index (Phi) is 3.66. The van der Waals surface area contributed by atoms with Gasteiger partial charge >= 0.3 is 5.97 Å². The first-order chi connectivity index (χ1) is 7.10. The van der Waals surface area contributed by atoms with Gasteiger partial charge in [0.05, 0.1) is 14.6 Å². The van der Waals surface area contributed by atoms with E-state index in [1.807, 2.05) is 0 Å². The molecule has 0 aliphatic heterocycles. The van der Waals surface area contributed by atoms with Gasteiger partial charge in [-0.25, -0.2) is 0 Å². The molecule has 0 aromatic heterocycles. The van der Waals surface area contributed by atoms with Gasteiger partial charge in [-0.2, -0.15) is 0 Å². The predicted octanol–water partition coefficient (Wildman–Crippen LogP) is 4.86. The Balaban J connectivity index is 2.69. The SMILES string of the molecule is O=C(O)[C@H]1C[C@]2(Br)C(Br)=C(Br)[C@]1(Br)C2(Br)Br. The van der Waals surface area contributed by atoms with Crippen molar-refractivity contribution >= 4 is 102 Å². The van der Waals surface area contributed by atoms with Gasteiger partial charge in [0.25, 0.3) is 0 Å². The maximum absolute atomic E-state index is 11.3. The van der Waals surface area contributed by atoms with E-state index in [0.717, 1.165) is 8.96 Å². The van der Waals surface area contributed by atoms with Gasteiger partial charge in [0, 0.05) is 8.96 Å². The van der Waals surface area contributed by atoms with Crippen LogP contribution < -0.4 is 0 Å². The van der Waals surface area contributed by atoms with E-state index < -0.39 is 23.8 Å². The summed E-state index contributed by atoms with van der Waals surface area (Å²) in [5, 5.41) is 9.30. The molecule has 0 aromatic rings. The van der Waals surface area contributed by atoms with Crippen LogP contribution in [0.25, 0.3) is 0 Å². The molecule has 2 bridgehead atoms. The monoisotopic (exact) mass is 606 g/mol. The largest absolute Gasteiger partial charge is 0.481 e. The van der Waals surface area contributed by atoms with Gasteiger partial charge in [-0.1, -0.05) is 95.6 Å². The molecule has 3 atom stereocenters. The fourth-order valence-corrected chi connectivity index (χ4v) is 9.11. The number of hydrogen-bond acceptors (Lipinski definition) is 1. The van der Waals surface area contributed by atoms with Crippen LogP contribution in [0.3, 0.4) is 0 Å². The predicted molar refractivity (Wildman–Crippen MR) is 84.5 cm³/mol. The van der Waals surface area contributed by atoms with Crippen molar-refractivity contribution in [1.82, 2.24) is 0 Å². The van der Waals surface area contributed by atoms with E-state index >= 15 is 0 Å². The quantitative estimate of drug-likeness (QED) is 0.431. The van der Waals surface area contributed by atoms with Crippen LogP contribution in [0, 0.1) is 5.92 Å². The maximum Gasteiger partial charge on any atom is 0.308 e. The molecule has 0 heterocycles. The van der Waals surface area contributed by atoms with Gasteiger partial charge in [-0.05, 0) is 6.42 Å². The van der Waals surface area contributed by atoms with Crippen LogP contribution in [0.1, 0.15) is 6.42 Å². The minimum absolute atomic E-state index is 0.481. The summed E-state index contributed by atoms with van der Waals surface area (Å²) >= 11 is 21.4. The van der Waals surface area contributed by atoms with E-state index in [2.05, 4.69) is 95.6 Å². The molecule has 2 nitrogen and oxygen atoms in total. The number of carboxylic acids is 1. The highest BCUT2D eigenvalue weighted by atomic mass is 79.9. The number of fused-ring (bicyclic) bond motifs is 2. The van der Waals surface area contributed by atoms with E-state index in [4.69, 9.17) is 0 Å². The van der Waals surface area contributed by atoms with Crippen molar-refractivity contribution in [2.45, 2.75) is 18.3 Å². The number of aliphatic carboxylic acids is 1. The lowest BCUT2D eigenvalue weighted by Crippen LogP contribution is -2.44. The first-order valence-electron chi connectivity index (χ1n) is 4.15. The Hall–Kier alpha value is 2.09. The molecule has 90 valence electrons. The molecule has 0 spiro atoms. The number of alkyl halides is 4. The molecule has 1 N–H and O–H groups in total. The number of carboxylic acid groups (broad SMARTS) is 1. The lowest BCUT2D eigenvalue weighted by atomic mass is 9.93. The number of allylic oxidation sites excluding steroid dienone is 2. The highest BCUT2D eigenvalue weighted by Crippen LogP contribution is 2.77. The third-order valence-electron chi connectivity index (χ3n) is 3.08. The van der Waals surface area contributed by atoms with Crippen LogP contribution in [0.15, 0.2) is 8.96 Å². The van der Waals surface area contributed by atoms with Crippen LogP contribution in [-0.4, -0.2) is 23.0 Å². The lowest BCUT2D eigenvalue weighted by molar-refractivity contribution is -0.141. The molecule has 0 saturated heterocycles. The summed E-state index contributed by atoms with van der Waals surface area (Å²) in [4.78, 5) is 11.3. The molecule has 1 fully saturated rings. The zero-order chi connectivity index (χ0) is 12.5. The van der Waals surface area contributed by atoms with E-state index in [-0.39, 0.29) is 0 Å². The molecule has 0 amide bonds. The van der Waals surface area contributed by atoms with Crippen molar-refractivity contribution in [1.29, 1.82) is 0 Å². The van der Waals surface area contributed by atoms with Crippen molar-refractivity contribution < 1.29 is 9.90 Å². The third kappa shape index (κ3) is 1.40. The summed E-state index contributed by atoms with van der Waals surface area (Å²) in [6.07, 6.45) is 0.486. The third-order valence-corrected chi connectivity index (χ3v) is 14.4. The lowest BCUT2D eigenvalue weighted by Gasteiger charge is -2.34. The molecule has 8 heteroatoms. The Labute approximate surface area is 143 Å². The van der Waals surface area contributed by atoms with E-state index in [9.17, 15) is 9.90 Å². The second kappa shape index (κ2) is 4.04. The van der Waals surface area contributed by atoms with Crippen LogP contribution in [-0.2, 0) is 4.79 Å².